The Morgan fingerprint density at radius 2 is 1.56 bits per heavy atom. The third kappa shape index (κ3) is 6.94. The van der Waals surface area contributed by atoms with Gasteiger partial charge in [0.05, 0.1) is 0 Å². The molecule has 0 radical (unpaired) electrons. The predicted octanol–water partition coefficient (Wildman–Crippen LogP) is 5.34. The van der Waals surface area contributed by atoms with E-state index >= 15 is 0 Å². The highest BCUT2D eigenvalue weighted by molar-refractivity contribution is 9.10. The normalized spacial score (nSPS) is 11.7. The minimum atomic E-state index is -0.674. The largest absolute Gasteiger partial charge is 0.483 e. The van der Waals surface area contributed by atoms with Gasteiger partial charge in [-0.15, -0.1) is 0 Å². The van der Waals surface area contributed by atoms with E-state index in [1.54, 1.807) is 11.9 Å². The Bertz CT molecular complexity index is 1080. The summed E-state index contributed by atoms with van der Waals surface area (Å²) in [5, 5.41) is 2.73. The van der Waals surface area contributed by atoms with Crippen molar-refractivity contribution in [3.05, 3.63) is 100 Å². The number of halogens is 1. The second-order valence-corrected chi connectivity index (χ2v) is 9.36. The standard InChI is InChI=1S/C28H31BrN2O3/c1-20(2)24-11-7-8-12-26(24)34-19-27(32)31(18-22-13-15-23(29)16-14-22)25(28(33)30-3)17-21-9-5-4-6-10-21/h4-16,20,25H,17-19H2,1-3H3,(H,30,33). The highest BCUT2D eigenvalue weighted by Crippen LogP contribution is 2.26. The van der Waals surface area contributed by atoms with Crippen molar-refractivity contribution >= 4 is 27.7 Å². The molecule has 0 spiro atoms. The van der Waals surface area contributed by atoms with Crippen LogP contribution in [-0.2, 0) is 22.6 Å². The summed E-state index contributed by atoms with van der Waals surface area (Å²) < 4.78 is 6.93. The van der Waals surface area contributed by atoms with Gasteiger partial charge in [0, 0.05) is 24.5 Å². The van der Waals surface area contributed by atoms with Gasteiger partial charge in [-0.3, -0.25) is 9.59 Å². The summed E-state index contributed by atoms with van der Waals surface area (Å²) in [5.74, 6) is 0.499. The average molecular weight is 523 g/mol. The van der Waals surface area contributed by atoms with Gasteiger partial charge in [-0.1, -0.05) is 90.4 Å². The van der Waals surface area contributed by atoms with E-state index in [4.69, 9.17) is 4.74 Å². The minimum absolute atomic E-state index is 0.150. The molecule has 2 amide bonds. The van der Waals surface area contributed by atoms with E-state index in [2.05, 4.69) is 35.1 Å². The number of ether oxygens (including phenoxy) is 1. The zero-order valence-corrected chi connectivity index (χ0v) is 21.4. The number of likely N-dealkylation sites (N-methyl/N-ethyl adjacent to an activating group) is 1. The molecule has 0 bridgehead atoms. The molecule has 0 saturated carbocycles. The number of nitrogens with zero attached hydrogens (tertiary/aromatic N) is 1. The van der Waals surface area contributed by atoms with Gasteiger partial charge >= 0.3 is 0 Å². The summed E-state index contributed by atoms with van der Waals surface area (Å²) in [7, 11) is 1.60. The van der Waals surface area contributed by atoms with Gasteiger partial charge in [0.25, 0.3) is 5.91 Å². The molecule has 1 atom stereocenters. The zero-order chi connectivity index (χ0) is 24.5. The fourth-order valence-electron chi connectivity index (χ4n) is 3.82. The monoisotopic (exact) mass is 522 g/mol. The van der Waals surface area contributed by atoms with E-state index in [0.717, 1.165) is 21.2 Å². The van der Waals surface area contributed by atoms with E-state index in [-0.39, 0.29) is 24.3 Å². The first-order valence-corrected chi connectivity index (χ1v) is 12.2. The van der Waals surface area contributed by atoms with Gasteiger partial charge < -0.3 is 15.0 Å². The van der Waals surface area contributed by atoms with Crippen molar-refractivity contribution in [2.75, 3.05) is 13.7 Å². The molecule has 1 unspecified atom stereocenters. The Hall–Kier alpha value is -3.12. The first-order chi connectivity index (χ1) is 16.4. The number of carbonyl (C=O) groups is 2. The molecule has 6 heteroatoms. The average Bonchev–Trinajstić information content (AvgIpc) is 2.86. The summed E-state index contributed by atoms with van der Waals surface area (Å²) in [4.78, 5) is 28.1. The molecule has 0 aliphatic heterocycles. The summed E-state index contributed by atoms with van der Waals surface area (Å²) >= 11 is 3.45. The fourth-order valence-corrected chi connectivity index (χ4v) is 4.08. The first-order valence-electron chi connectivity index (χ1n) is 11.4. The van der Waals surface area contributed by atoms with Gasteiger partial charge in [0.15, 0.2) is 6.61 Å². The van der Waals surface area contributed by atoms with Crippen LogP contribution in [0.2, 0.25) is 0 Å². The van der Waals surface area contributed by atoms with Gasteiger partial charge in [0.2, 0.25) is 5.91 Å². The van der Waals surface area contributed by atoms with Crippen LogP contribution in [0.3, 0.4) is 0 Å². The van der Waals surface area contributed by atoms with Crippen molar-refractivity contribution in [1.29, 1.82) is 0 Å². The summed E-state index contributed by atoms with van der Waals surface area (Å²) in [5.41, 5.74) is 2.96. The summed E-state index contributed by atoms with van der Waals surface area (Å²) in [6.45, 7) is 4.32. The number of nitrogens with one attached hydrogen (secondary N) is 1. The molecule has 178 valence electrons. The van der Waals surface area contributed by atoms with Crippen LogP contribution in [0.5, 0.6) is 5.75 Å². The van der Waals surface area contributed by atoms with Crippen molar-refractivity contribution in [2.24, 2.45) is 0 Å². The number of amides is 2. The van der Waals surface area contributed by atoms with Crippen LogP contribution in [0, 0.1) is 0 Å². The molecule has 0 aliphatic carbocycles. The number of benzene rings is 3. The quantitative estimate of drug-likeness (QED) is 0.391. The van der Waals surface area contributed by atoms with E-state index < -0.39 is 6.04 Å². The second kappa shape index (κ2) is 12.4. The smallest absolute Gasteiger partial charge is 0.261 e. The van der Waals surface area contributed by atoms with Crippen LogP contribution in [0.15, 0.2) is 83.3 Å². The Morgan fingerprint density at radius 3 is 2.21 bits per heavy atom. The number of rotatable bonds is 10. The third-order valence-electron chi connectivity index (χ3n) is 5.68. The predicted molar refractivity (Wildman–Crippen MR) is 139 cm³/mol. The van der Waals surface area contributed by atoms with Gasteiger partial charge in [-0.25, -0.2) is 0 Å². The lowest BCUT2D eigenvalue weighted by Gasteiger charge is -2.31. The molecule has 3 aromatic carbocycles. The van der Waals surface area contributed by atoms with E-state index in [0.29, 0.717) is 18.7 Å². The van der Waals surface area contributed by atoms with Crippen molar-refractivity contribution in [3.8, 4) is 5.75 Å². The molecule has 0 fully saturated rings. The van der Waals surface area contributed by atoms with Crippen LogP contribution in [0.1, 0.15) is 36.5 Å². The lowest BCUT2D eigenvalue weighted by molar-refractivity contribution is -0.142. The molecular formula is C28H31BrN2O3. The maximum Gasteiger partial charge on any atom is 0.261 e. The molecule has 5 nitrogen and oxygen atoms in total. The lowest BCUT2D eigenvalue weighted by atomic mass is 10.0. The van der Waals surface area contributed by atoms with Gasteiger partial charge in [-0.2, -0.15) is 0 Å². The number of carbonyl (C=O) groups excluding carboxylic acids is 2. The van der Waals surface area contributed by atoms with Crippen molar-refractivity contribution in [2.45, 2.75) is 38.8 Å². The van der Waals surface area contributed by atoms with Crippen molar-refractivity contribution in [1.82, 2.24) is 10.2 Å². The van der Waals surface area contributed by atoms with Gasteiger partial charge in [-0.05, 0) is 40.8 Å². The molecule has 0 aromatic heterocycles. The molecule has 0 saturated heterocycles. The van der Waals surface area contributed by atoms with E-state index in [1.807, 2.05) is 78.9 Å². The molecule has 3 rings (SSSR count). The number of hydrogen-bond acceptors (Lipinski definition) is 3. The zero-order valence-electron chi connectivity index (χ0n) is 19.8. The van der Waals surface area contributed by atoms with Crippen LogP contribution >= 0.6 is 15.9 Å². The summed E-state index contributed by atoms with van der Waals surface area (Å²) in [6.07, 6.45) is 0.408. The maximum atomic E-state index is 13.5. The minimum Gasteiger partial charge on any atom is -0.483 e. The topological polar surface area (TPSA) is 58.6 Å². The number of hydrogen-bond donors (Lipinski definition) is 1. The maximum absolute atomic E-state index is 13.5. The lowest BCUT2D eigenvalue weighted by Crippen LogP contribution is -2.51. The Morgan fingerprint density at radius 1 is 0.912 bits per heavy atom. The van der Waals surface area contributed by atoms with Crippen molar-refractivity contribution in [3.63, 3.8) is 0 Å². The SMILES string of the molecule is CNC(=O)C(Cc1ccccc1)N(Cc1ccc(Br)cc1)C(=O)COc1ccccc1C(C)C. The van der Waals surface area contributed by atoms with Crippen LogP contribution in [0.4, 0.5) is 0 Å². The van der Waals surface area contributed by atoms with Crippen LogP contribution < -0.4 is 10.1 Å². The molecular weight excluding hydrogens is 492 g/mol. The summed E-state index contributed by atoms with van der Waals surface area (Å²) in [6, 6.07) is 24.6. The van der Waals surface area contributed by atoms with Crippen LogP contribution in [-0.4, -0.2) is 36.4 Å². The van der Waals surface area contributed by atoms with Crippen molar-refractivity contribution < 1.29 is 14.3 Å². The number of para-hydroxylation sites is 1. The molecule has 1 N–H and O–H groups in total. The Kier molecular flexibility index (Phi) is 9.28. The van der Waals surface area contributed by atoms with Crippen LogP contribution in [0.25, 0.3) is 0 Å². The Balaban J connectivity index is 1.88. The fraction of sp³-hybridized carbons (Fsp3) is 0.286. The van der Waals surface area contributed by atoms with E-state index in [9.17, 15) is 9.59 Å². The first kappa shape index (κ1) is 25.5. The molecule has 3 aromatic rings. The highest BCUT2D eigenvalue weighted by atomic mass is 79.9. The molecule has 0 aliphatic rings. The molecule has 34 heavy (non-hydrogen) atoms. The van der Waals surface area contributed by atoms with E-state index in [1.165, 1.54) is 0 Å². The van der Waals surface area contributed by atoms with Gasteiger partial charge in [0.1, 0.15) is 11.8 Å². The highest BCUT2D eigenvalue weighted by Gasteiger charge is 2.30. The second-order valence-electron chi connectivity index (χ2n) is 8.45. The third-order valence-corrected chi connectivity index (χ3v) is 6.20. The molecule has 0 heterocycles. The Labute approximate surface area is 210 Å².